The summed E-state index contributed by atoms with van der Waals surface area (Å²) in [6.45, 7) is 3.72. The fourth-order valence-corrected chi connectivity index (χ4v) is 8.02. The second-order valence-electron chi connectivity index (χ2n) is 14.7. The minimum absolute atomic E-state index is 0.208. The second-order valence-corrected chi connectivity index (χ2v) is 16.3. The van der Waals surface area contributed by atoms with Gasteiger partial charge in [0.1, 0.15) is 17.5 Å². The molecule has 0 saturated carbocycles. The Bertz CT molecular complexity index is 3460. The number of nitrogens with zero attached hydrogens (tertiary/aromatic N) is 4. The summed E-state index contributed by atoms with van der Waals surface area (Å²) < 4.78 is 0. The van der Waals surface area contributed by atoms with Crippen LogP contribution in [0.15, 0.2) is 164 Å². The van der Waals surface area contributed by atoms with Crippen LogP contribution in [-0.4, -0.2) is 36.7 Å². The lowest BCUT2D eigenvalue weighted by atomic mass is 10.1. The van der Waals surface area contributed by atoms with Crippen LogP contribution in [0.3, 0.4) is 0 Å². The number of aromatic amines is 2. The number of nitrogen functional groups attached to an aromatic ring is 1. The molecule has 0 radical (unpaired) electrons. The molecule has 2 amide bonds. The molecule has 0 fully saturated rings. The fourth-order valence-electron chi connectivity index (χ4n) is 6.87. The van der Waals surface area contributed by atoms with Gasteiger partial charge in [-0.2, -0.15) is 5.26 Å². The quantitative estimate of drug-likeness (QED) is 0.105. The minimum atomic E-state index is -0.265. The van der Waals surface area contributed by atoms with Crippen LogP contribution in [0.1, 0.15) is 31.8 Å². The van der Waals surface area contributed by atoms with Crippen LogP contribution >= 0.6 is 46.4 Å². The molecule has 0 aliphatic rings. The van der Waals surface area contributed by atoms with Crippen LogP contribution in [0.25, 0.3) is 61.7 Å². The number of halogens is 4. The topological polar surface area (TPSA) is 178 Å². The summed E-state index contributed by atoms with van der Waals surface area (Å²) in [5.74, 6) is 1.22. The smallest absolute Gasteiger partial charge is 0.255 e. The fraction of sp³-hybridized carbons (Fsp3) is 0. The molecule has 3 aromatic heterocycles. The number of hydrogen-bond donors (Lipinski definition) is 5. The predicted octanol–water partition coefficient (Wildman–Crippen LogP) is 13.9. The molecule has 67 heavy (non-hydrogen) atoms. The maximum absolute atomic E-state index is 12.6. The van der Waals surface area contributed by atoms with Crippen molar-refractivity contribution in [2.45, 2.75) is 0 Å². The van der Waals surface area contributed by atoms with Gasteiger partial charge in [-0.1, -0.05) is 108 Å². The third kappa shape index (κ3) is 10.6. The first-order chi connectivity index (χ1) is 32.5. The van der Waals surface area contributed by atoms with Gasteiger partial charge in [0.2, 0.25) is 0 Å². The lowest BCUT2D eigenvalue weighted by Crippen LogP contribution is -2.11. The van der Waals surface area contributed by atoms with Gasteiger partial charge in [0, 0.05) is 34.1 Å². The number of carbonyl (C=O) groups excluding carboxylic acids is 2. The van der Waals surface area contributed by atoms with Crippen molar-refractivity contribution in [3.8, 4) is 28.8 Å². The molecule has 0 saturated heterocycles. The number of nitrogens with one attached hydrogen (secondary N) is 4. The van der Waals surface area contributed by atoms with E-state index in [1.165, 1.54) is 0 Å². The highest BCUT2D eigenvalue weighted by atomic mass is 35.5. The van der Waals surface area contributed by atoms with E-state index in [1.807, 2.05) is 60.7 Å². The highest BCUT2D eigenvalue weighted by Crippen LogP contribution is 2.35. The molecular formula is C52H35Cl4N9O2. The molecule has 0 unspecified atom stereocenters. The highest BCUT2D eigenvalue weighted by molar-refractivity contribution is 6.39. The van der Waals surface area contributed by atoms with Crippen molar-refractivity contribution in [3.05, 3.63) is 207 Å². The van der Waals surface area contributed by atoms with Crippen molar-refractivity contribution in [1.29, 1.82) is 5.26 Å². The molecule has 3 heterocycles. The van der Waals surface area contributed by atoms with E-state index in [4.69, 9.17) is 57.4 Å². The first-order valence-electron chi connectivity index (χ1n) is 20.3. The zero-order chi connectivity index (χ0) is 47.0. The number of fused-ring (bicyclic) bond motifs is 3. The van der Waals surface area contributed by atoms with Crippen LogP contribution in [0.4, 0.5) is 17.2 Å². The van der Waals surface area contributed by atoms with Crippen LogP contribution in [0.5, 0.6) is 0 Å². The maximum Gasteiger partial charge on any atom is 0.255 e. The molecule has 10 aromatic rings. The Morgan fingerprint density at radius 3 is 1.55 bits per heavy atom. The van der Waals surface area contributed by atoms with Crippen molar-refractivity contribution in [1.82, 2.24) is 24.9 Å². The zero-order valence-corrected chi connectivity index (χ0v) is 38.0. The van der Waals surface area contributed by atoms with Gasteiger partial charge in [0.15, 0.2) is 0 Å². The highest BCUT2D eigenvalue weighted by Gasteiger charge is 2.16. The van der Waals surface area contributed by atoms with Crippen molar-refractivity contribution < 1.29 is 9.59 Å². The third-order valence-electron chi connectivity index (χ3n) is 10.3. The third-order valence-corrected chi connectivity index (χ3v) is 11.5. The van der Waals surface area contributed by atoms with E-state index in [9.17, 15) is 9.59 Å². The number of benzene rings is 7. The van der Waals surface area contributed by atoms with E-state index in [0.29, 0.717) is 87.8 Å². The van der Waals surface area contributed by atoms with Crippen molar-refractivity contribution in [2.24, 2.45) is 0 Å². The lowest BCUT2D eigenvalue weighted by molar-refractivity contribution is 0.101. The second kappa shape index (κ2) is 20.5. The van der Waals surface area contributed by atoms with E-state index in [-0.39, 0.29) is 11.8 Å². The average molecular weight is 960 g/mol. The van der Waals surface area contributed by atoms with Gasteiger partial charge in [-0.15, -0.1) is 0 Å². The number of amides is 2. The molecule has 0 aliphatic carbocycles. The van der Waals surface area contributed by atoms with Crippen LogP contribution < -0.4 is 16.4 Å². The Labute approximate surface area is 403 Å². The zero-order valence-electron chi connectivity index (χ0n) is 35.0. The molecule has 328 valence electrons. The van der Waals surface area contributed by atoms with Gasteiger partial charge >= 0.3 is 0 Å². The summed E-state index contributed by atoms with van der Waals surface area (Å²) in [4.78, 5) is 44.6. The summed E-state index contributed by atoms with van der Waals surface area (Å²) in [6, 6.07) is 47.0. The maximum atomic E-state index is 12.6. The van der Waals surface area contributed by atoms with Crippen molar-refractivity contribution in [3.63, 3.8) is 0 Å². The lowest BCUT2D eigenvalue weighted by Gasteiger charge is -2.05. The first kappa shape index (κ1) is 45.6. The van der Waals surface area contributed by atoms with E-state index in [1.54, 1.807) is 109 Å². The standard InChI is InChI=1S/C22H15Cl2N3O.C21H12Cl2N4O.C9H8N2/c1-2-13-6-9-15(10-7-13)25-22(28)14-8-11-18-19(12-14)27-21(26-18)20-16(23)4-3-5-17(20)24;22-15-2-1-3-16(23)19(15)20-26-17-9-6-13(10-18(17)27-20)21(28)25-14-7-4-12(11-24)5-8-14;10-9-8-4-2-1-3-7(8)5-6-11-9/h2-12H,1H2,(H,25,28)(H,26,27);1-10H,(H,25,28)(H,26,27);1-6H,(H2,10,11). The molecule has 15 heteroatoms. The number of nitrogens with two attached hydrogens (primary N) is 1. The molecule has 11 nitrogen and oxygen atoms in total. The number of rotatable bonds is 7. The van der Waals surface area contributed by atoms with Crippen molar-refractivity contribution >= 4 is 114 Å². The van der Waals surface area contributed by atoms with Gasteiger partial charge < -0.3 is 26.3 Å². The number of pyridine rings is 1. The van der Waals surface area contributed by atoms with Crippen LogP contribution in [-0.2, 0) is 0 Å². The number of aromatic nitrogens is 5. The largest absolute Gasteiger partial charge is 0.383 e. The predicted molar refractivity (Wildman–Crippen MR) is 273 cm³/mol. The van der Waals surface area contributed by atoms with E-state index in [0.717, 1.165) is 27.4 Å². The summed E-state index contributed by atoms with van der Waals surface area (Å²) in [5, 5.41) is 18.7. The Hall–Kier alpha value is -7.98. The van der Waals surface area contributed by atoms with Crippen LogP contribution in [0, 0.1) is 11.3 Å². The number of H-pyrrole nitrogens is 2. The Kier molecular flexibility index (Phi) is 13.9. The Balaban J connectivity index is 0.000000148. The summed E-state index contributed by atoms with van der Waals surface area (Å²) in [6.07, 6.45) is 3.47. The number of carbonyl (C=O) groups is 2. The SMILES string of the molecule is C=Cc1ccc(NC(=O)c2ccc3nc(-c4c(Cl)cccc4Cl)[nH]c3c2)cc1.N#Cc1ccc(NC(=O)c2ccc3nc(-c4c(Cl)cccc4Cl)[nH]c3c2)cc1.Nc1nccc2ccccc12. The number of nitriles is 1. The summed E-state index contributed by atoms with van der Waals surface area (Å²) in [5.41, 5.74) is 13.6. The molecule has 7 aromatic carbocycles. The van der Waals surface area contributed by atoms with E-state index in [2.05, 4.69) is 42.1 Å². The van der Waals surface area contributed by atoms with Gasteiger partial charge in [0.05, 0.1) is 64.9 Å². The number of imidazole rings is 2. The molecular weight excluding hydrogens is 924 g/mol. The Morgan fingerprint density at radius 1 is 0.612 bits per heavy atom. The normalized spacial score (nSPS) is 10.6. The molecule has 0 aliphatic heterocycles. The van der Waals surface area contributed by atoms with Gasteiger partial charge in [-0.05, 0) is 114 Å². The molecule has 0 spiro atoms. The first-order valence-corrected chi connectivity index (χ1v) is 21.8. The van der Waals surface area contributed by atoms with Crippen molar-refractivity contribution in [2.75, 3.05) is 16.4 Å². The summed E-state index contributed by atoms with van der Waals surface area (Å²) >= 11 is 25.1. The molecule has 10 rings (SSSR count). The number of hydrogen-bond acceptors (Lipinski definition) is 7. The monoisotopic (exact) mass is 957 g/mol. The van der Waals surface area contributed by atoms with Gasteiger partial charge in [-0.25, -0.2) is 15.0 Å². The van der Waals surface area contributed by atoms with Gasteiger partial charge in [0.25, 0.3) is 11.8 Å². The summed E-state index contributed by atoms with van der Waals surface area (Å²) in [7, 11) is 0. The van der Waals surface area contributed by atoms with Gasteiger partial charge in [-0.3, -0.25) is 9.59 Å². The minimum Gasteiger partial charge on any atom is -0.383 e. The van der Waals surface area contributed by atoms with E-state index >= 15 is 0 Å². The Morgan fingerprint density at radius 2 is 1.09 bits per heavy atom. The number of anilines is 3. The molecule has 6 N–H and O–H groups in total. The van der Waals surface area contributed by atoms with Crippen LogP contribution in [0.2, 0.25) is 20.1 Å². The molecule has 0 atom stereocenters. The molecule has 0 bridgehead atoms. The van der Waals surface area contributed by atoms with E-state index < -0.39 is 0 Å². The average Bonchev–Trinajstić information content (AvgIpc) is 3.96.